The minimum absolute atomic E-state index is 0.0259. The van der Waals surface area contributed by atoms with Gasteiger partial charge >= 0.3 is 0 Å². The fourth-order valence-corrected chi connectivity index (χ4v) is 11.6. The average molecular weight is 1030 g/mol. The molecule has 0 saturated carbocycles. The van der Waals surface area contributed by atoms with Crippen LogP contribution in [0.4, 0.5) is 0 Å². The van der Waals surface area contributed by atoms with Crippen LogP contribution in [0.15, 0.2) is 49.8 Å². The maximum atomic E-state index is 10.7. The Kier molecular flexibility index (Phi) is 24.4. The van der Waals surface area contributed by atoms with Gasteiger partial charge < -0.3 is 47.2 Å². The molecule has 3 aliphatic heterocycles. The standard InChI is InChI=1S/2C19H38O4Si.C18H34O2Si/c2*1-10-11-15-12-13-16(20)19(21-7,23-15)18(5,6)14-22-24(8,9)17(2,3)4;1-9-11-15-12-10-13-16(20-15)18(5,6)14-19-21(7,8)17(2,3)4/h2*10,15-16,20H,1,11-14H2,2-9H3;9,13,15H,1,10-12,14H2,2-8H3/t15?,16?,19-;;/m1../s1. The van der Waals surface area contributed by atoms with Gasteiger partial charge in [-0.15, -0.1) is 19.7 Å². The number of ether oxygens (including phenoxy) is 5. The predicted octanol–water partition coefficient (Wildman–Crippen LogP) is 14.7. The summed E-state index contributed by atoms with van der Waals surface area (Å²) >= 11 is 0. The zero-order valence-corrected chi connectivity index (χ0v) is 52.0. The van der Waals surface area contributed by atoms with Crippen LogP contribution in [-0.4, -0.2) is 111 Å². The molecule has 0 aliphatic carbocycles. The fraction of sp³-hybridized carbons (Fsp3) is 0.857. The van der Waals surface area contributed by atoms with E-state index in [4.69, 9.17) is 37.0 Å². The summed E-state index contributed by atoms with van der Waals surface area (Å²) in [6.45, 7) is 59.6. The summed E-state index contributed by atoms with van der Waals surface area (Å²) in [7, 11) is -2.25. The van der Waals surface area contributed by atoms with E-state index >= 15 is 0 Å². The summed E-state index contributed by atoms with van der Waals surface area (Å²) in [6.07, 6.45) is 14.5. The Morgan fingerprint density at radius 3 is 1.16 bits per heavy atom. The molecule has 0 amide bonds. The molecule has 13 heteroatoms. The summed E-state index contributed by atoms with van der Waals surface area (Å²) in [5.74, 6) is -1.01. The first-order valence-electron chi connectivity index (χ1n) is 26.1. The van der Waals surface area contributed by atoms with E-state index in [1.807, 2.05) is 18.2 Å². The molecular weight excluding hydrogens is 917 g/mol. The molecule has 3 heterocycles. The van der Waals surface area contributed by atoms with E-state index in [0.29, 0.717) is 26.1 Å². The van der Waals surface area contributed by atoms with E-state index in [2.05, 4.69) is 169 Å². The molecule has 2 saturated heterocycles. The Morgan fingerprint density at radius 1 is 0.536 bits per heavy atom. The summed E-state index contributed by atoms with van der Waals surface area (Å²) in [5.41, 5.74) is -1.01. The Bertz CT molecular complexity index is 1540. The maximum Gasteiger partial charge on any atom is 0.201 e. The average Bonchev–Trinajstić information content (AvgIpc) is 3.22. The molecule has 10 nitrogen and oxygen atoms in total. The molecular formula is C56H110O10Si3. The summed E-state index contributed by atoms with van der Waals surface area (Å²) in [6, 6.07) is 0. The van der Waals surface area contributed by atoms with Crippen molar-refractivity contribution < 1.29 is 47.2 Å². The van der Waals surface area contributed by atoms with E-state index in [1.165, 1.54) is 0 Å². The van der Waals surface area contributed by atoms with Crippen LogP contribution in [0.1, 0.15) is 162 Å². The SMILES string of the molecule is C=CCC1CCC(O)C(OC)(C(C)(C)CO[Si](C)(C)C(C)(C)C)O1.C=CCC1CCC(O)[C@](OC)(C(C)(C)CO[Si](C)(C)C(C)(C)C)O1.C=CCC1CCC=C(C(C)(C)CO[Si](C)(C)C(C)(C)C)O1. The molecule has 2 N–H and O–H groups in total. The van der Waals surface area contributed by atoms with Crippen LogP contribution in [0, 0.1) is 16.2 Å². The van der Waals surface area contributed by atoms with Crippen LogP contribution in [0.2, 0.25) is 54.4 Å². The number of rotatable bonds is 20. The number of hydrogen-bond donors (Lipinski definition) is 2. The lowest BCUT2D eigenvalue weighted by molar-refractivity contribution is -0.359. The van der Waals surface area contributed by atoms with E-state index in [1.54, 1.807) is 14.2 Å². The first-order chi connectivity index (χ1) is 31.1. The highest BCUT2D eigenvalue weighted by molar-refractivity contribution is 6.74. The number of hydrogen-bond acceptors (Lipinski definition) is 10. The van der Waals surface area contributed by atoms with E-state index < -0.39 is 59.6 Å². The molecule has 0 aromatic heterocycles. The number of aliphatic hydroxyl groups excluding tert-OH is 2. The Labute approximate surface area is 428 Å². The van der Waals surface area contributed by atoms with Crippen molar-refractivity contribution in [2.24, 2.45) is 16.2 Å². The van der Waals surface area contributed by atoms with E-state index in [9.17, 15) is 10.2 Å². The molecule has 6 unspecified atom stereocenters. The Hall–Kier alpha value is -0.949. The Balaban J connectivity index is 0.000000519. The van der Waals surface area contributed by atoms with Crippen LogP contribution in [0.5, 0.6) is 0 Å². The molecule has 2 fully saturated rings. The number of aliphatic hydroxyl groups is 2. The molecule has 0 spiro atoms. The largest absolute Gasteiger partial charge is 0.494 e. The molecule has 3 aliphatic rings. The van der Waals surface area contributed by atoms with Gasteiger partial charge in [0.05, 0.1) is 12.2 Å². The fourth-order valence-electron chi connectivity index (χ4n) is 8.16. The molecule has 0 aromatic carbocycles. The van der Waals surface area contributed by atoms with Gasteiger partial charge in [0.25, 0.3) is 0 Å². The van der Waals surface area contributed by atoms with Gasteiger partial charge in [0.15, 0.2) is 25.0 Å². The van der Waals surface area contributed by atoms with Gasteiger partial charge in [-0.3, -0.25) is 0 Å². The third kappa shape index (κ3) is 17.3. The maximum absolute atomic E-state index is 10.7. The van der Waals surface area contributed by atoms with Gasteiger partial charge in [-0.1, -0.05) is 122 Å². The third-order valence-electron chi connectivity index (χ3n) is 16.4. The molecule has 3 rings (SSSR count). The molecule has 69 heavy (non-hydrogen) atoms. The molecule has 406 valence electrons. The van der Waals surface area contributed by atoms with Gasteiger partial charge in [-0.25, -0.2) is 0 Å². The van der Waals surface area contributed by atoms with Crippen molar-refractivity contribution in [1.82, 2.24) is 0 Å². The highest BCUT2D eigenvalue weighted by Crippen LogP contribution is 2.48. The number of allylic oxidation sites excluding steroid dienone is 1. The van der Waals surface area contributed by atoms with Gasteiger partial charge in [-0.2, -0.15) is 0 Å². The second-order valence-corrected chi connectivity index (χ2v) is 41.1. The first kappa shape index (κ1) is 66.1. The first-order valence-corrected chi connectivity index (χ1v) is 34.8. The topological polar surface area (TPSA) is 114 Å². The van der Waals surface area contributed by atoms with Crippen molar-refractivity contribution >= 4 is 25.0 Å². The van der Waals surface area contributed by atoms with Gasteiger partial charge in [-0.05, 0) is 112 Å². The lowest BCUT2D eigenvalue weighted by Crippen LogP contribution is -2.63. The van der Waals surface area contributed by atoms with Crippen molar-refractivity contribution in [3.05, 3.63) is 49.8 Å². The van der Waals surface area contributed by atoms with Crippen molar-refractivity contribution in [3.63, 3.8) is 0 Å². The highest BCUT2D eigenvalue weighted by Gasteiger charge is 2.58. The molecule has 0 radical (unpaired) electrons. The molecule has 0 aromatic rings. The molecule has 7 atom stereocenters. The van der Waals surface area contributed by atoms with Crippen molar-refractivity contribution in [3.8, 4) is 0 Å². The summed E-state index contributed by atoms with van der Waals surface area (Å²) in [5, 5.41) is 21.9. The van der Waals surface area contributed by atoms with Gasteiger partial charge in [0.1, 0.15) is 24.1 Å². The minimum Gasteiger partial charge on any atom is -0.494 e. The molecule has 0 bridgehead atoms. The van der Waals surface area contributed by atoms with Crippen LogP contribution in [0.3, 0.4) is 0 Å². The van der Waals surface area contributed by atoms with Crippen LogP contribution < -0.4 is 0 Å². The normalized spacial score (nSPS) is 26.9. The van der Waals surface area contributed by atoms with Crippen LogP contribution in [0.25, 0.3) is 0 Å². The van der Waals surface area contributed by atoms with Crippen molar-refractivity contribution in [1.29, 1.82) is 0 Å². The van der Waals surface area contributed by atoms with Crippen molar-refractivity contribution in [2.75, 3.05) is 34.0 Å². The highest BCUT2D eigenvalue weighted by atomic mass is 28.4. The van der Waals surface area contributed by atoms with E-state index in [-0.39, 0.29) is 38.8 Å². The zero-order chi connectivity index (χ0) is 53.9. The third-order valence-corrected chi connectivity index (χ3v) is 29.9. The second kappa shape index (κ2) is 25.5. The van der Waals surface area contributed by atoms with E-state index in [0.717, 1.165) is 57.3 Å². The van der Waals surface area contributed by atoms with Gasteiger partial charge in [0.2, 0.25) is 11.6 Å². The predicted molar refractivity (Wildman–Crippen MR) is 297 cm³/mol. The Morgan fingerprint density at radius 2 is 0.855 bits per heavy atom. The second-order valence-electron chi connectivity index (χ2n) is 26.7. The quantitative estimate of drug-likeness (QED) is 0.0902. The minimum atomic E-state index is -1.89. The smallest absolute Gasteiger partial charge is 0.201 e. The number of methoxy groups -OCH3 is 2. The van der Waals surface area contributed by atoms with Gasteiger partial charge in [0, 0.05) is 56.7 Å². The monoisotopic (exact) mass is 1030 g/mol. The summed E-state index contributed by atoms with van der Waals surface area (Å²) in [4.78, 5) is 0. The van der Waals surface area contributed by atoms with Crippen molar-refractivity contribution in [2.45, 2.75) is 258 Å². The lowest BCUT2D eigenvalue weighted by Gasteiger charge is -2.53. The zero-order valence-electron chi connectivity index (χ0n) is 49.0. The van der Waals surface area contributed by atoms with Crippen LogP contribution >= 0.6 is 0 Å². The van der Waals surface area contributed by atoms with Crippen LogP contribution in [-0.2, 0) is 37.0 Å². The summed E-state index contributed by atoms with van der Waals surface area (Å²) < 4.78 is 49.6. The lowest BCUT2D eigenvalue weighted by atomic mass is 9.77.